The van der Waals surface area contributed by atoms with Crippen molar-refractivity contribution < 1.29 is 22.7 Å². The van der Waals surface area contributed by atoms with Crippen molar-refractivity contribution in [3.8, 4) is 0 Å². The number of amides is 1. The maximum Gasteiger partial charge on any atom is 0.308 e. The van der Waals surface area contributed by atoms with Crippen LogP contribution in [0.1, 0.15) is 25.3 Å². The van der Waals surface area contributed by atoms with Gasteiger partial charge in [0.1, 0.15) is 6.54 Å². The van der Waals surface area contributed by atoms with Gasteiger partial charge in [-0.15, -0.1) is 0 Å². The summed E-state index contributed by atoms with van der Waals surface area (Å²) in [6.45, 7) is 2.45. The number of para-hydroxylation sites is 1. The lowest BCUT2D eigenvalue weighted by Crippen LogP contribution is -2.47. The number of likely N-dealkylation sites (tertiary alicyclic amines) is 1. The molecule has 1 aliphatic rings. The van der Waals surface area contributed by atoms with Crippen molar-refractivity contribution in [3.63, 3.8) is 0 Å². The Labute approximate surface area is 183 Å². The first kappa shape index (κ1) is 22.8. The van der Waals surface area contributed by atoms with Crippen molar-refractivity contribution in [2.24, 2.45) is 5.92 Å². The first-order valence-electron chi connectivity index (χ1n) is 10.4. The summed E-state index contributed by atoms with van der Waals surface area (Å²) in [5.74, 6) is -0.773. The number of ether oxygens (including phenoxy) is 1. The summed E-state index contributed by atoms with van der Waals surface area (Å²) in [5.41, 5.74) is 1.35. The Morgan fingerprint density at radius 1 is 1.03 bits per heavy atom. The van der Waals surface area contributed by atoms with Crippen LogP contribution in [0.2, 0.25) is 0 Å². The van der Waals surface area contributed by atoms with Crippen molar-refractivity contribution >= 4 is 27.6 Å². The summed E-state index contributed by atoms with van der Waals surface area (Å²) < 4.78 is 33.0. The van der Waals surface area contributed by atoms with Crippen molar-refractivity contribution in [1.82, 2.24) is 4.90 Å². The Morgan fingerprint density at radius 2 is 1.65 bits per heavy atom. The zero-order chi connectivity index (χ0) is 22.4. The molecule has 0 atom stereocenters. The number of nitrogens with zero attached hydrogens (tertiary/aromatic N) is 2. The molecule has 1 heterocycles. The number of carbonyl (C=O) groups is 2. The van der Waals surface area contributed by atoms with Gasteiger partial charge in [0.05, 0.1) is 23.6 Å². The maximum atomic E-state index is 13.5. The van der Waals surface area contributed by atoms with Gasteiger partial charge in [-0.2, -0.15) is 0 Å². The third kappa shape index (κ3) is 5.07. The van der Waals surface area contributed by atoms with Gasteiger partial charge in [-0.1, -0.05) is 43.3 Å². The van der Waals surface area contributed by atoms with Crippen LogP contribution in [0.4, 0.5) is 5.69 Å². The average Bonchev–Trinajstić information content (AvgIpc) is 2.82. The monoisotopic (exact) mass is 444 g/mol. The van der Waals surface area contributed by atoms with E-state index in [1.54, 1.807) is 35.2 Å². The minimum Gasteiger partial charge on any atom is -0.469 e. The van der Waals surface area contributed by atoms with E-state index in [0.717, 1.165) is 5.56 Å². The zero-order valence-electron chi connectivity index (χ0n) is 17.9. The number of methoxy groups -OCH3 is 1. The van der Waals surface area contributed by atoms with Gasteiger partial charge in [0.2, 0.25) is 5.91 Å². The number of esters is 1. The highest BCUT2D eigenvalue weighted by atomic mass is 32.2. The average molecular weight is 445 g/mol. The Kier molecular flexibility index (Phi) is 7.33. The molecule has 0 unspecified atom stereocenters. The summed E-state index contributed by atoms with van der Waals surface area (Å²) >= 11 is 0. The van der Waals surface area contributed by atoms with Crippen LogP contribution in [0, 0.1) is 5.92 Å². The molecular formula is C23H28N2O5S. The largest absolute Gasteiger partial charge is 0.469 e. The van der Waals surface area contributed by atoms with Gasteiger partial charge in [-0.3, -0.25) is 13.9 Å². The number of sulfonamides is 1. The van der Waals surface area contributed by atoms with E-state index < -0.39 is 10.0 Å². The molecule has 1 fully saturated rings. The van der Waals surface area contributed by atoms with Gasteiger partial charge in [0.15, 0.2) is 0 Å². The molecule has 31 heavy (non-hydrogen) atoms. The molecule has 0 radical (unpaired) electrons. The van der Waals surface area contributed by atoms with Gasteiger partial charge < -0.3 is 9.64 Å². The highest BCUT2D eigenvalue weighted by Crippen LogP contribution is 2.28. The molecule has 0 saturated carbocycles. The van der Waals surface area contributed by atoms with E-state index in [0.29, 0.717) is 38.0 Å². The third-order valence-corrected chi connectivity index (χ3v) is 7.41. The normalized spacial score (nSPS) is 14.8. The smallest absolute Gasteiger partial charge is 0.308 e. The number of aryl methyl sites for hydroxylation is 1. The highest BCUT2D eigenvalue weighted by Gasteiger charge is 2.32. The lowest BCUT2D eigenvalue weighted by molar-refractivity contribution is -0.148. The Morgan fingerprint density at radius 3 is 2.26 bits per heavy atom. The lowest BCUT2D eigenvalue weighted by atomic mass is 9.97. The molecule has 0 spiro atoms. The fourth-order valence-corrected chi connectivity index (χ4v) is 5.30. The number of anilines is 1. The van der Waals surface area contributed by atoms with E-state index in [-0.39, 0.29) is 29.2 Å². The predicted octanol–water partition coefficient (Wildman–Crippen LogP) is 2.86. The molecule has 166 valence electrons. The first-order valence-corrected chi connectivity index (χ1v) is 11.8. The van der Waals surface area contributed by atoms with Crippen molar-refractivity contribution in [2.45, 2.75) is 31.1 Å². The lowest BCUT2D eigenvalue weighted by Gasteiger charge is -2.33. The van der Waals surface area contributed by atoms with Gasteiger partial charge in [-0.05, 0) is 43.0 Å². The molecule has 1 saturated heterocycles. The van der Waals surface area contributed by atoms with Gasteiger partial charge >= 0.3 is 5.97 Å². The number of hydrogen-bond donors (Lipinski definition) is 0. The Hall–Kier alpha value is -2.87. The van der Waals surface area contributed by atoms with Crippen molar-refractivity contribution in [1.29, 1.82) is 0 Å². The van der Waals surface area contributed by atoms with E-state index in [2.05, 4.69) is 0 Å². The topological polar surface area (TPSA) is 84.0 Å². The highest BCUT2D eigenvalue weighted by molar-refractivity contribution is 7.92. The minimum atomic E-state index is -3.94. The molecular weight excluding hydrogens is 416 g/mol. The van der Waals surface area contributed by atoms with E-state index in [1.807, 2.05) is 19.1 Å². The van der Waals surface area contributed by atoms with Crippen molar-refractivity contribution in [2.75, 3.05) is 31.0 Å². The molecule has 0 aliphatic carbocycles. The van der Waals surface area contributed by atoms with E-state index >= 15 is 0 Å². The molecule has 0 N–H and O–H groups in total. The minimum absolute atomic E-state index is 0.137. The summed E-state index contributed by atoms with van der Waals surface area (Å²) in [7, 11) is -2.58. The first-order chi connectivity index (χ1) is 14.9. The molecule has 2 aromatic carbocycles. The van der Waals surface area contributed by atoms with Gasteiger partial charge in [0, 0.05) is 13.1 Å². The second-order valence-electron chi connectivity index (χ2n) is 7.49. The molecule has 7 nitrogen and oxygen atoms in total. The Balaban J connectivity index is 1.88. The number of carbonyl (C=O) groups excluding carboxylic acids is 2. The van der Waals surface area contributed by atoms with Crippen LogP contribution < -0.4 is 4.31 Å². The van der Waals surface area contributed by atoms with E-state index in [1.165, 1.54) is 23.5 Å². The maximum absolute atomic E-state index is 13.5. The number of rotatable bonds is 7. The quantitative estimate of drug-likeness (QED) is 0.613. The van der Waals surface area contributed by atoms with Crippen LogP contribution >= 0.6 is 0 Å². The second kappa shape index (κ2) is 9.96. The molecule has 0 bridgehead atoms. The molecule has 2 aromatic rings. The Bertz CT molecular complexity index is 1020. The molecule has 8 heteroatoms. The van der Waals surface area contributed by atoms with Gasteiger partial charge in [0.25, 0.3) is 10.0 Å². The van der Waals surface area contributed by atoms with Crippen LogP contribution in [0.15, 0.2) is 59.5 Å². The third-order valence-electron chi connectivity index (χ3n) is 5.63. The fraction of sp³-hybridized carbons (Fsp3) is 0.391. The predicted molar refractivity (Wildman–Crippen MR) is 118 cm³/mol. The van der Waals surface area contributed by atoms with Crippen molar-refractivity contribution in [3.05, 3.63) is 60.2 Å². The van der Waals surface area contributed by atoms with Crippen LogP contribution in [0.5, 0.6) is 0 Å². The molecule has 0 aromatic heterocycles. The van der Waals surface area contributed by atoms with E-state index in [4.69, 9.17) is 4.74 Å². The van der Waals surface area contributed by atoms with Crippen LogP contribution in [-0.2, 0) is 30.8 Å². The zero-order valence-corrected chi connectivity index (χ0v) is 18.7. The second-order valence-corrected chi connectivity index (χ2v) is 9.35. The molecule has 3 rings (SSSR count). The van der Waals surface area contributed by atoms with Crippen LogP contribution in [0.3, 0.4) is 0 Å². The summed E-state index contributed by atoms with van der Waals surface area (Å²) in [6, 6.07) is 15.4. The fourth-order valence-electron chi connectivity index (χ4n) is 3.83. The number of benzene rings is 2. The summed E-state index contributed by atoms with van der Waals surface area (Å²) in [4.78, 5) is 26.6. The van der Waals surface area contributed by atoms with Crippen LogP contribution in [-0.4, -0.2) is 51.9 Å². The molecule has 1 amide bonds. The number of piperidine rings is 1. The van der Waals surface area contributed by atoms with Crippen LogP contribution in [0.25, 0.3) is 0 Å². The van der Waals surface area contributed by atoms with E-state index in [9.17, 15) is 18.0 Å². The standard InChI is InChI=1S/C23H28N2O5S/c1-3-18-9-7-8-12-21(18)25(31(28,29)20-10-5-4-6-11-20)17-22(26)24-15-13-19(14-16-24)23(27)30-2/h4-12,19H,3,13-17H2,1-2H3. The van der Waals surface area contributed by atoms with Gasteiger partial charge in [-0.25, -0.2) is 8.42 Å². The summed E-state index contributed by atoms with van der Waals surface area (Å²) in [5, 5.41) is 0. The SMILES string of the molecule is CCc1ccccc1N(CC(=O)N1CCC(C(=O)OC)CC1)S(=O)(=O)c1ccccc1. The summed E-state index contributed by atoms with van der Waals surface area (Å²) in [6.07, 6.45) is 1.65. The molecule has 1 aliphatic heterocycles. The number of hydrogen-bond acceptors (Lipinski definition) is 5.